The SMILES string of the molecule is CC(C)(C)OC(=O)N1C[C@H]2C[C@@H]1CN2CCN1c2ccc(-c3cnc4[nH]ncc4c3)cc2Sc2cc(-c3cnc4[nH]ncc4c3)ccc21. The van der Waals surface area contributed by atoms with E-state index in [1.807, 2.05) is 50.5 Å². The molecule has 2 aromatic carbocycles. The van der Waals surface area contributed by atoms with E-state index in [0.717, 1.165) is 76.9 Å². The van der Waals surface area contributed by atoms with E-state index in [4.69, 9.17) is 4.74 Å². The molecule has 3 aliphatic rings. The molecule has 2 atom stereocenters. The molecule has 2 bridgehead atoms. The Bertz CT molecular complexity index is 2080. The summed E-state index contributed by atoms with van der Waals surface area (Å²) in [5.74, 6) is 0. The van der Waals surface area contributed by atoms with Gasteiger partial charge in [-0.25, -0.2) is 14.8 Å². The highest BCUT2D eigenvalue weighted by atomic mass is 32.2. The van der Waals surface area contributed by atoms with Gasteiger partial charge >= 0.3 is 6.09 Å². The first-order valence-electron chi connectivity index (χ1n) is 16.3. The minimum absolute atomic E-state index is 0.193. The van der Waals surface area contributed by atoms with Gasteiger partial charge in [0.15, 0.2) is 11.3 Å². The molecule has 2 fully saturated rings. The fraction of sp³-hybridized carbons (Fsp3) is 0.306. The molecule has 4 aromatic heterocycles. The van der Waals surface area contributed by atoms with E-state index >= 15 is 0 Å². The average Bonchev–Trinajstić information content (AvgIpc) is 3.89. The van der Waals surface area contributed by atoms with Crippen molar-refractivity contribution in [2.75, 3.05) is 31.1 Å². The van der Waals surface area contributed by atoms with E-state index in [1.54, 1.807) is 11.8 Å². The number of fused-ring (bicyclic) bond motifs is 6. The lowest BCUT2D eigenvalue weighted by atomic mass is 10.0. The van der Waals surface area contributed by atoms with Crippen molar-refractivity contribution >= 4 is 51.3 Å². The predicted octanol–water partition coefficient (Wildman–Crippen LogP) is 6.86. The van der Waals surface area contributed by atoms with Gasteiger partial charge in [-0.2, -0.15) is 10.2 Å². The second kappa shape index (κ2) is 11.1. The van der Waals surface area contributed by atoms with E-state index in [9.17, 15) is 4.79 Å². The average molecular weight is 658 g/mol. The van der Waals surface area contributed by atoms with Gasteiger partial charge in [0.05, 0.1) is 23.8 Å². The van der Waals surface area contributed by atoms with E-state index in [0.29, 0.717) is 6.04 Å². The van der Waals surface area contributed by atoms with Crippen molar-refractivity contribution in [1.82, 2.24) is 40.2 Å². The molecule has 11 nitrogen and oxygen atoms in total. The van der Waals surface area contributed by atoms with Crippen molar-refractivity contribution in [3.8, 4) is 22.3 Å². The number of rotatable bonds is 5. The number of carbonyl (C=O) groups is 1. The molecule has 6 aromatic rings. The van der Waals surface area contributed by atoms with Crippen LogP contribution in [0.2, 0.25) is 0 Å². The van der Waals surface area contributed by atoms with Gasteiger partial charge in [-0.15, -0.1) is 0 Å². The number of carbonyl (C=O) groups excluding carboxylic acids is 1. The van der Waals surface area contributed by atoms with Crippen molar-refractivity contribution < 1.29 is 9.53 Å². The van der Waals surface area contributed by atoms with Gasteiger partial charge in [-0.05, 0) is 74.7 Å². The molecule has 12 heteroatoms. The number of aromatic amines is 2. The highest BCUT2D eigenvalue weighted by molar-refractivity contribution is 7.99. The number of H-pyrrole nitrogens is 2. The van der Waals surface area contributed by atoms with Gasteiger partial charge in [0, 0.05) is 82.3 Å². The Balaban J connectivity index is 1.02. The Morgan fingerprint density at radius 1 is 0.792 bits per heavy atom. The number of aromatic nitrogens is 6. The molecule has 1 amide bonds. The fourth-order valence-corrected chi connectivity index (χ4v) is 8.45. The van der Waals surface area contributed by atoms with Crippen LogP contribution in [0.25, 0.3) is 44.3 Å². The van der Waals surface area contributed by atoms with Crippen LogP contribution in [0.1, 0.15) is 27.2 Å². The second-order valence-electron chi connectivity index (χ2n) is 13.9. The molecular formula is C36H35N9O2S. The van der Waals surface area contributed by atoms with Crippen LogP contribution in [-0.4, -0.2) is 90.1 Å². The van der Waals surface area contributed by atoms with Crippen molar-refractivity contribution in [3.05, 3.63) is 73.3 Å². The summed E-state index contributed by atoms with van der Waals surface area (Å²) >= 11 is 1.80. The summed E-state index contributed by atoms with van der Waals surface area (Å²) in [6.45, 7) is 9.10. The summed E-state index contributed by atoms with van der Waals surface area (Å²) < 4.78 is 5.70. The van der Waals surface area contributed by atoms with Crippen molar-refractivity contribution in [3.63, 3.8) is 0 Å². The van der Waals surface area contributed by atoms with Crippen LogP contribution in [0.5, 0.6) is 0 Å². The number of anilines is 2. The lowest BCUT2D eigenvalue weighted by molar-refractivity contribution is 0.0132. The van der Waals surface area contributed by atoms with Crippen LogP contribution >= 0.6 is 11.8 Å². The summed E-state index contributed by atoms with van der Waals surface area (Å²) in [5.41, 5.74) is 7.82. The number of nitrogens with zero attached hydrogens (tertiary/aromatic N) is 7. The maximum Gasteiger partial charge on any atom is 0.410 e. The topological polar surface area (TPSA) is 119 Å². The number of hydrogen-bond acceptors (Lipinski definition) is 9. The van der Waals surface area contributed by atoms with E-state index in [2.05, 4.69) is 88.7 Å². The summed E-state index contributed by atoms with van der Waals surface area (Å²) in [5, 5.41) is 16.2. The van der Waals surface area contributed by atoms with Crippen LogP contribution in [0, 0.1) is 0 Å². The maximum atomic E-state index is 12.9. The molecule has 242 valence electrons. The quantitative estimate of drug-likeness (QED) is 0.205. The molecule has 48 heavy (non-hydrogen) atoms. The minimum atomic E-state index is -0.490. The van der Waals surface area contributed by atoms with Crippen LogP contribution in [0.15, 0.2) is 83.1 Å². The lowest BCUT2D eigenvalue weighted by Gasteiger charge is -2.38. The Hall–Kier alpha value is -4.94. The predicted molar refractivity (Wildman–Crippen MR) is 186 cm³/mol. The monoisotopic (exact) mass is 657 g/mol. The van der Waals surface area contributed by atoms with Crippen molar-refractivity contribution in [2.45, 2.75) is 54.7 Å². The molecule has 0 unspecified atom stereocenters. The molecule has 2 saturated heterocycles. The fourth-order valence-electron chi connectivity index (χ4n) is 7.27. The summed E-state index contributed by atoms with van der Waals surface area (Å²) in [4.78, 5) is 31.4. The van der Waals surface area contributed by atoms with Gasteiger partial charge in [-0.3, -0.25) is 15.1 Å². The first-order chi connectivity index (χ1) is 23.3. The van der Waals surface area contributed by atoms with Crippen molar-refractivity contribution in [1.29, 1.82) is 0 Å². The Morgan fingerprint density at radius 3 is 1.94 bits per heavy atom. The van der Waals surface area contributed by atoms with E-state index in [1.165, 1.54) is 21.2 Å². The highest BCUT2D eigenvalue weighted by Gasteiger charge is 2.46. The van der Waals surface area contributed by atoms with Crippen LogP contribution in [0.3, 0.4) is 0 Å². The number of piperazine rings is 1. The number of hydrogen-bond donors (Lipinski definition) is 2. The smallest absolute Gasteiger partial charge is 0.410 e. The number of nitrogens with one attached hydrogen (secondary N) is 2. The molecule has 0 saturated carbocycles. The van der Waals surface area contributed by atoms with Gasteiger partial charge in [0.2, 0.25) is 0 Å². The van der Waals surface area contributed by atoms with Crippen LogP contribution < -0.4 is 4.90 Å². The van der Waals surface area contributed by atoms with Crippen molar-refractivity contribution in [2.24, 2.45) is 0 Å². The molecule has 0 spiro atoms. The molecule has 9 rings (SSSR count). The first-order valence-corrected chi connectivity index (χ1v) is 17.1. The summed E-state index contributed by atoms with van der Waals surface area (Å²) in [6, 6.07) is 18.2. The molecular weight excluding hydrogens is 623 g/mol. The normalized spacial score (nSPS) is 18.9. The van der Waals surface area contributed by atoms with Gasteiger partial charge in [-0.1, -0.05) is 23.9 Å². The first kappa shape index (κ1) is 29.2. The third-order valence-electron chi connectivity index (χ3n) is 9.56. The second-order valence-corrected chi connectivity index (χ2v) is 14.9. The number of pyridine rings is 2. The Kier molecular flexibility index (Phi) is 6.73. The van der Waals surface area contributed by atoms with Gasteiger partial charge < -0.3 is 14.5 Å². The number of likely N-dealkylation sites (tertiary alicyclic amines) is 2. The maximum absolute atomic E-state index is 12.9. The summed E-state index contributed by atoms with van der Waals surface area (Å²) in [6.07, 6.45) is 8.24. The lowest BCUT2D eigenvalue weighted by Crippen LogP contribution is -2.51. The third kappa shape index (κ3) is 5.15. The molecule has 0 radical (unpaired) electrons. The van der Waals surface area contributed by atoms with Gasteiger partial charge in [0.25, 0.3) is 0 Å². The largest absolute Gasteiger partial charge is 0.444 e. The molecule has 7 heterocycles. The van der Waals surface area contributed by atoms with E-state index < -0.39 is 5.60 Å². The zero-order valence-corrected chi connectivity index (χ0v) is 27.8. The zero-order chi connectivity index (χ0) is 32.6. The highest BCUT2D eigenvalue weighted by Crippen LogP contribution is 2.50. The molecule has 3 aliphatic heterocycles. The number of benzene rings is 2. The third-order valence-corrected chi connectivity index (χ3v) is 10.7. The number of ether oxygens (including phenoxy) is 1. The Labute approximate surface area is 281 Å². The standard InChI is InChI=1S/C36H35N9O2S/c1-36(2,3)47-35(46)45-20-27-14-28(45)19-43(27)8-9-44-29-6-4-21(23-10-25-17-39-41-33(25)37-15-23)12-31(29)48-32-13-22(5-7-30(32)44)24-11-26-18-40-42-34(26)38-16-24/h4-7,10-13,15-18,27-28H,8-9,14,19-20H2,1-3H3,(H,37,39,41)(H,38,40,42)/t27-,28-/m1/s1. The molecule has 0 aliphatic carbocycles. The van der Waals surface area contributed by atoms with Gasteiger partial charge in [0.1, 0.15) is 5.60 Å². The minimum Gasteiger partial charge on any atom is -0.444 e. The van der Waals surface area contributed by atoms with Crippen LogP contribution in [0.4, 0.5) is 16.2 Å². The summed E-state index contributed by atoms with van der Waals surface area (Å²) in [7, 11) is 0. The Morgan fingerprint density at radius 2 is 1.40 bits per heavy atom. The van der Waals surface area contributed by atoms with Crippen LogP contribution in [-0.2, 0) is 4.74 Å². The zero-order valence-electron chi connectivity index (χ0n) is 27.0. The van der Waals surface area contributed by atoms with E-state index in [-0.39, 0.29) is 12.1 Å². The number of amides is 1. The molecule has 2 N–H and O–H groups in total.